The van der Waals surface area contributed by atoms with Crippen molar-refractivity contribution in [2.45, 2.75) is 19.1 Å². The van der Waals surface area contributed by atoms with E-state index in [-0.39, 0.29) is 12.3 Å². The second kappa shape index (κ2) is 6.68. The Hall–Kier alpha value is -1.57. The fraction of sp³-hybridized carbons (Fsp3) is 0.357. The van der Waals surface area contributed by atoms with Gasteiger partial charge in [0.2, 0.25) is 0 Å². The van der Waals surface area contributed by atoms with Crippen molar-refractivity contribution in [3.05, 3.63) is 35.0 Å². The fourth-order valence-corrected chi connectivity index (χ4v) is 3.21. The van der Waals surface area contributed by atoms with Crippen molar-refractivity contribution in [1.29, 1.82) is 0 Å². The molecule has 0 spiro atoms. The van der Waals surface area contributed by atoms with Crippen LogP contribution in [0.25, 0.3) is 10.9 Å². The van der Waals surface area contributed by atoms with Gasteiger partial charge in [-0.1, -0.05) is 18.2 Å². The molecule has 0 aliphatic heterocycles. The number of carbonyl (C=O) groups is 1. The van der Waals surface area contributed by atoms with Gasteiger partial charge in [-0.25, -0.2) is 4.79 Å². The molecule has 6 nitrogen and oxygen atoms in total. The number of aryl methyl sites for hydroxylation is 1. The average Bonchev–Trinajstić information content (AvgIpc) is 2.78. The molecule has 2 N–H and O–H groups in total. The average molecular weight is 346 g/mol. The van der Waals surface area contributed by atoms with E-state index in [1.165, 1.54) is 0 Å². The Labute approximate surface area is 133 Å². The third kappa shape index (κ3) is 3.60. The number of para-hydroxylation sites is 1. The van der Waals surface area contributed by atoms with E-state index in [9.17, 15) is 13.2 Å². The lowest BCUT2D eigenvalue weighted by molar-refractivity contribution is 0.0519. The van der Waals surface area contributed by atoms with Crippen molar-refractivity contribution in [3.63, 3.8) is 0 Å². The molecule has 1 aromatic heterocycles. The number of aromatic nitrogens is 1. The number of esters is 1. The largest absolute Gasteiger partial charge is 0.461 e. The summed E-state index contributed by atoms with van der Waals surface area (Å²) < 4.78 is 36.3. The quantitative estimate of drug-likeness (QED) is 0.476. The second-order valence-corrected chi connectivity index (χ2v) is 6.53. The highest BCUT2D eigenvalue weighted by atomic mass is 35.5. The molecular formula is C14H16ClNO5S. The van der Waals surface area contributed by atoms with E-state index >= 15 is 0 Å². The first kappa shape index (κ1) is 16.8. The number of nitrogens with one attached hydrogen (secondary N) is 1. The van der Waals surface area contributed by atoms with Crippen LogP contribution in [0.2, 0.25) is 0 Å². The third-order valence-electron chi connectivity index (χ3n) is 3.19. The van der Waals surface area contributed by atoms with E-state index in [1.54, 1.807) is 25.1 Å². The van der Waals surface area contributed by atoms with Crippen molar-refractivity contribution in [1.82, 2.24) is 4.98 Å². The number of halogens is 1. The van der Waals surface area contributed by atoms with Crippen molar-refractivity contribution < 1.29 is 22.5 Å². The van der Waals surface area contributed by atoms with Crippen LogP contribution in [-0.4, -0.2) is 36.4 Å². The van der Waals surface area contributed by atoms with Gasteiger partial charge < -0.3 is 9.72 Å². The first-order valence-electron chi connectivity index (χ1n) is 6.68. The maximum absolute atomic E-state index is 12.0. The Balaban J connectivity index is 2.63. The smallest absolute Gasteiger partial charge is 0.355 e. The molecule has 0 fully saturated rings. The molecule has 0 aliphatic carbocycles. The number of hydrogen-bond acceptors (Lipinski definition) is 4. The molecule has 2 aromatic rings. The maximum atomic E-state index is 12.0. The van der Waals surface area contributed by atoms with E-state index in [1.807, 2.05) is 0 Å². The number of fused-ring (bicyclic) bond motifs is 1. The summed E-state index contributed by atoms with van der Waals surface area (Å²) in [6.07, 6.45) is 0.436. The van der Waals surface area contributed by atoms with Crippen LogP contribution in [0.4, 0.5) is 0 Å². The number of hydrogen-bond donors (Lipinski definition) is 2. The number of rotatable bonds is 6. The highest BCUT2D eigenvalue weighted by Crippen LogP contribution is 2.27. The molecule has 2 rings (SSSR count). The number of H-pyrrole nitrogens is 1. The van der Waals surface area contributed by atoms with E-state index < -0.39 is 21.8 Å². The summed E-state index contributed by atoms with van der Waals surface area (Å²) in [6, 6.07) is 5.01. The lowest BCUT2D eigenvalue weighted by Gasteiger charge is -2.02. The van der Waals surface area contributed by atoms with Crippen molar-refractivity contribution in [2.75, 3.05) is 12.5 Å². The van der Waals surface area contributed by atoms with E-state index in [2.05, 4.69) is 4.98 Å². The van der Waals surface area contributed by atoms with E-state index in [0.717, 1.165) is 0 Å². The van der Waals surface area contributed by atoms with E-state index in [0.29, 0.717) is 34.3 Å². The number of ether oxygens (including phenoxy) is 1. The summed E-state index contributed by atoms with van der Waals surface area (Å²) in [6.45, 7) is 1.93. The van der Waals surface area contributed by atoms with Gasteiger partial charge in [-0.3, -0.25) is 4.55 Å². The normalized spacial score (nSPS) is 11.8. The van der Waals surface area contributed by atoms with Gasteiger partial charge in [0.25, 0.3) is 10.1 Å². The second-order valence-electron chi connectivity index (χ2n) is 4.70. The monoisotopic (exact) mass is 345 g/mol. The molecule has 0 saturated carbocycles. The fourth-order valence-electron chi connectivity index (χ4n) is 2.38. The van der Waals surface area contributed by atoms with Crippen LogP contribution >= 0.6 is 11.6 Å². The highest BCUT2D eigenvalue weighted by molar-refractivity contribution is 7.85. The number of alkyl halides is 1. The first-order chi connectivity index (χ1) is 10.4. The summed E-state index contributed by atoms with van der Waals surface area (Å²) in [7, 11) is -4.18. The third-order valence-corrected chi connectivity index (χ3v) is 4.05. The molecule has 1 aromatic carbocycles. The molecule has 0 radical (unpaired) electrons. The number of carbonyl (C=O) groups excluding carboxylic acids is 1. The Kier molecular flexibility index (Phi) is 5.10. The molecule has 0 atom stereocenters. The highest BCUT2D eigenvalue weighted by Gasteiger charge is 2.21. The molecule has 0 aliphatic rings. The van der Waals surface area contributed by atoms with Crippen LogP contribution in [0.5, 0.6) is 0 Å². The van der Waals surface area contributed by atoms with E-state index in [4.69, 9.17) is 20.9 Å². The van der Waals surface area contributed by atoms with Crippen molar-refractivity contribution in [2.24, 2.45) is 0 Å². The zero-order valence-corrected chi connectivity index (χ0v) is 13.5. The zero-order valence-electron chi connectivity index (χ0n) is 11.9. The lowest BCUT2D eigenvalue weighted by Crippen LogP contribution is -2.08. The van der Waals surface area contributed by atoms with Gasteiger partial charge in [-0.05, 0) is 24.5 Å². The Morgan fingerprint density at radius 3 is 2.73 bits per heavy atom. The van der Waals surface area contributed by atoms with Gasteiger partial charge >= 0.3 is 5.97 Å². The SMILES string of the molecule is CCOC(=O)c1[nH]c2c(CS(=O)(=O)O)cccc2c1CCCl. The van der Waals surface area contributed by atoms with Gasteiger partial charge in [-0.2, -0.15) is 8.42 Å². The summed E-state index contributed by atoms with van der Waals surface area (Å²) >= 11 is 5.79. The minimum atomic E-state index is -4.18. The van der Waals surface area contributed by atoms with Crippen LogP contribution in [-0.2, 0) is 27.0 Å². The van der Waals surface area contributed by atoms with Crippen molar-refractivity contribution in [3.8, 4) is 0 Å². The van der Waals surface area contributed by atoms with Crippen molar-refractivity contribution >= 4 is 38.6 Å². The Morgan fingerprint density at radius 2 is 2.14 bits per heavy atom. The minimum absolute atomic E-state index is 0.229. The molecule has 0 amide bonds. The molecule has 1 heterocycles. The van der Waals surface area contributed by atoms with Gasteiger partial charge in [0.1, 0.15) is 11.4 Å². The first-order valence-corrected chi connectivity index (χ1v) is 8.82. The lowest BCUT2D eigenvalue weighted by atomic mass is 10.1. The predicted octanol–water partition coefficient (Wildman–Crippen LogP) is 2.51. The summed E-state index contributed by atoms with van der Waals surface area (Å²) in [5.41, 5.74) is 1.82. The number of aromatic amines is 1. The van der Waals surface area contributed by atoms with Gasteiger partial charge in [0.15, 0.2) is 0 Å². The maximum Gasteiger partial charge on any atom is 0.355 e. The summed E-state index contributed by atoms with van der Waals surface area (Å²) in [5, 5.41) is 0.699. The molecule has 0 saturated heterocycles. The topological polar surface area (TPSA) is 96.5 Å². The van der Waals surface area contributed by atoms with Crippen LogP contribution in [0, 0.1) is 0 Å². The molecule has 22 heavy (non-hydrogen) atoms. The van der Waals surface area contributed by atoms with Crippen LogP contribution in [0.3, 0.4) is 0 Å². The minimum Gasteiger partial charge on any atom is -0.461 e. The summed E-state index contributed by atoms with van der Waals surface area (Å²) in [4.78, 5) is 15.0. The van der Waals surface area contributed by atoms with Gasteiger partial charge in [0.05, 0.1) is 12.1 Å². The molecule has 8 heteroatoms. The van der Waals surface area contributed by atoms with Crippen LogP contribution in [0.1, 0.15) is 28.5 Å². The predicted molar refractivity (Wildman–Crippen MR) is 83.9 cm³/mol. The molecule has 0 bridgehead atoms. The molecular weight excluding hydrogens is 330 g/mol. The summed E-state index contributed by atoms with van der Waals surface area (Å²) in [5.74, 6) is -0.744. The van der Waals surface area contributed by atoms with Gasteiger partial charge in [-0.15, -0.1) is 11.6 Å². The zero-order chi connectivity index (χ0) is 16.3. The number of benzene rings is 1. The molecule has 0 unspecified atom stereocenters. The standard InChI is InChI=1S/C14H16ClNO5S/c1-2-21-14(17)13-11(6-7-15)10-5-3-4-9(12(10)16-13)8-22(18,19)20/h3-5,16H,2,6-8H2,1H3,(H,18,19,20). The van der Waals surface area contributed by atoms with Gasteiger partial charge in [0, 0.05) is 11.3 Å². The van der Waals surface area contributed by atoms with Crippen LogP contribution in [0.15, 0.2) is 18.2 Å². The molecule has 120 valence electrons. The Morgan fingerprint density at radius 1 is 1.41 bits per heavy atom. The van der Waals surface area contributed by atoms with Crippen LogP contribution < -0.4 is 0 Å². The Bertz CT molecular complexity index is 797.